The minimum absolute atomic E-state index is 0.396. The molecule has 22 heavy (non-hydrogen) atoms. The summed E-state index contributed by atoms with van der Waals surface area (Å²) in [4.78, 5) is 16.5. The fourth-order valence-electron chi connectivity index (χ4n) is 2.82. The number of carbonyl (C=O) groups excluding carboxylic acids is 1. The Bertz CT molecular complexity index is 635. The van der Waals surface area contributed by atoms with E-state index in [0.717, 1.165) is 0 Å². The number of aromatic nitrogens is 3. The molecule has 0 saturated heterocycles. The number of carbonyl (C=O) groups is 1. The average molecular weight is 370 g/mol. The van der Waals surface area contributed by atoms with E-state index in [4.69, 9.17) is 4.74 Å². The summed E-state index contributed by atoms with van der Waals surface area (Å²) in [5.74, 6) is 0.538. The molecule has 1 fully saturated rings. The van der Waals surface area contributed by atoms with E-state index < -0.39 is 22.6 Å². The summed E-state index contributed by atoms with van der Waals surface area (Å²) in [6.45, 7) is 7.47. The van der Waals surface area contributed by atoms with Crippen molar-refractivity contribution < 1.29 is 9.53 Å². The first-order valence-corrected chi connectivity index (χ1v) is 7.77. The second-order valence-corrected chi connectivity index (χ2v) is 7.82. The van der Waals surface area contributed by atoms with E-state index in [0.29, 0.717) is 23.4 Å². The van der Waals surface area contributed by atoms with Gasteiger partial charge in [0.2, 0.25) is 4.73 Å². The van der Waals surface area contributed by atoms with Gasteiger partial charge in [0, 0.05) is 25.4 Å². The molecule has 0 aliphatic heterocycles. The van der Waals surface area contributed by atoms with Crippen molar-refractivity contribution in [2.45, 2.75) is 51.7 Å². The summed E-state index contributed by atoms with van der Waals surface area (Å²) in [5, 5.41) is 16.2. The summed E-state index contributed by atoms with van der Waals surface area (Å²) in [6, 6.07) is 2.27. The smallest absolute Gasteiger partial charge is 0.408 e. The highest BCUT2D eigenvalue weighted by molar-refractivity contribution is 9.10. The first kappa shape index (κ1) is 16.7. The zero-order chi connectivity index (χ0) is 16.8. The molecule has 1 saturated carbocycles. The third kappa shape index (κ3) is 3.24. The molecule has 0 radical (unpaired) electrons. The molecule has 1 aromatic heterocycles. The van der Waals surface area contributed by atoms with Gasteiger partial charge in [-0.2, -0.15) is 5.26 Å². The predicted octanol–water partition coefficient (Wildman–Crippen LogP) is 2.62. The molecule has 1 amide bonds. The molecule has 1 aliphatic carbocycles. The van der Waals surface area contributed by atoms with Crippen molar-refractivity contribution in [3.05, 3.63) is 10.6 Å². The van der Waals surface area contributed by atoms with Crippen molar-refractivity contribution >= 4 is 22.0 Å². The Morgan fingerprint density at radius 1 is 1.50 bits per heavy atom. The van der Waals surface area contributed by atoms with Crippen LogP contribution < -0.4 is 5.32 Å². The molecule has 0 spiro atoms. The predicted molar refractivity (Wildman–Crippen MR) is 82.7 cm³/mol. The Kier molecular flexibility index (Phi) is 3.98. The van der Waals surface area contributed by atoms with Crippen LogP contribution in [0.4, 0.5) is 4.79 Å². The second kappa shape index (κ2) is 5.23. The molecule has 120 valence electrons. The molecule has 0 aromatic carbocycles. The lowest BCUT2D eigenvalue weighted by molar-refractivity contribution is -0.117. The molecule has 7 nitrogen and oxygen atoms in total. The van der Waals surface area contributed by atoms with E-state index in [1.807, 2.05) is 27.7 Å². The van der Waals surface area contributed by atoms with Crippen molar-refractivity contribution in [3.8, 4) is 6.07 Å². The Balaban J connectivity index is 2.28. The lowest BCUT2D eigenvalue weighted by Crippen LogP contribution is -2.54. The molecule has 0 unspecified atom stereocenters. The average Bonchev–Trinajstić information content (AvgIpc) is 2.63. The van der Waals surface area contributed by atoms with E-state index in [2.05, 4.69) is 37.4 Å². The third-order valence-electron chi connectivity index (χ3n) is 3.53. The molecule has 2 rings (SSSR count). The number of halogens is 1. The maximum absolute atomic E-state index is 12.2. The van der Waals surface area contributed by atoms with Gasteiger partial charge in [-0.3, -0.25) is 0 Å². The van der Waals surface area contributed by atoms with Crippen LogP contribution in [0.2, 0.25) is 0 Å². The number of nitrogens with zero attached hydrogens (tertiary/aromatic N) is 4. The van der Waals surface area contributed by atoms with Crippen molar-refractivity contribution in [2.24, 2.45) is 12.5 Å². The number of amides is 1. The summed E-state index contributed by atoms with van der Waals surface area (Å²) in [6.07, 6.45) is 0.270. The van der Waals surface area contributed by atoms with Gasteiger partial charge in [-0.15, -0.1) is 5.10 Å². The first-order chi connectivity index (χ1) is 9.99. The minimum Gasteiger partial charge on any atom is -0.435 e. The van der Waals surface area contributed by atoms with Crippen LogP contribution in [0, 0.1) is 16.7 Å². The number of alkyl carbamates (subject to hydrolysis) is 1. The molecule has 8 heteroatoms. The van der Waals surface area contributed by atoms with Crippen LogP contribution in [-0.4, -0.2) is 26.4 Å². The summed E-state index contributed by atoms with van der Waals surface area (Å²) in [5.41, 5.74) is -1.85. The second-order valence-electron chi connectivity index (χ2n) is 7.11. The van der Waals surface area contributed by atoms with Crippen molar-refractivity contribution in [1.82, 2.24) is 20.1 Å². The largest absolute Gasteiger partial charge is 0.435 e. The maximum Gasteiger partial charge on any atom is 0.408 e. The SMILES string of the molecule is Cn1nc(Br)nc1C1(OC(=O)NC(C)(C)C)CC(C)(C#N)C1. The van der Waals surface area contributed by atoms with Gasteiger partial charge in [0.25, 0.3) is 0 Å². The Morgan fingerprint density at radius 2 is 2.09 bits per heavy atom. The number of nitriles is 1. The van der Waals surface area contributed by atoms with E-state index in [-0.39, 0.29) is 0 Å². The van der Waals surface area contributed by atoms with Gasteiger partial charge in [-0.05, 0) is 43.6 Å². The lowest BCUT2D eigenvalue weighted by Gasteiger charge is -2.48. The van der Waals surface area contributed by atoms with Crippen molar-refractivity contribution in [1.29, 1.82) is 5.26 Å². The van der Waals surface area contributed by atoms with Crippen LogP contribution >= 0.6 is 15.9 Å². The minimum atomic E-state index is -0.923. The molecule has 1 aromatic rings. The number of aryl methyl sites for hydroxylation is 1. The molecular weight excluding hydrogens is 350 g/mol. The van der Waals surface area contributed by atoms with E-state index >= 15 is 0 Å². The van der Waals surface area contributed by atoms with E-state index in [1.165, 1.54) is 0 Å². The number of hydrogen-bond donors (Lipinski definition) is 1. The lowest BCUT2D eigenvalue weighted by atomic mass is 9.60. The fourth-order valence-corrected chi connectivity index (χ4v) is 3.23. The van der Waals surface area contributed by atoms with Gasteiger partial charge in [0.05, 0.1) is 11.5 Å². The quantitative estimate of drug-likeness (QED) is 0.864. The van der Waals surface area contributed by atoms with Gasteiger partial charge in [0.15, 0.2) is 11.4 Å². The van der Waals surface area contributed by atoms with Crippen LogP contribution in [-0.2, 0) is 17.4 Å². The molecule has 1 N–H and O–H groups in total. The van der Waals surface area contributed by atoms with Crippen LogP contribution in [0.15, 0.2) is 4.73 Å². The van der Waals surface area contributed by atoms with Crippen LogP contribution in [0.1, 0.15) is 46.4 Å². The fraction of sp³-hybridized carbons (Fsp3) is 0.714. The molecule has 1 aliphatic rings. The maximum atomic E-state index is 12.2. The number of rotatable bonds is 2. The van der Waals surface area contributed by atoms with Gasteiger partial charge < -0.3 is 10.1 Å². The van der Waals surface area contributed by atoms with Gasteiger partial charge in [-0.25, -0.2) is 14.5 Å². The number of nitrogens with one attached hydrogen (secondary N) is 1. The molecular formula is C14H20BrN5O2. The Hall–Kier alpha value is -1.62. The zero-order valence-corrected chi connectivity index (χ0v) is 15.0. The van der Waals surface area contributed by atoms with E-state index in [1.54, 1.807) is 11.7 Å². The van der Waals surface area contributed by atoms with Gasteiger partial charge in [0.1, 0.15) is 0 Å². The number of hydrogen-bond acceptors (Lipinski definition) is 5. The number of ether oxygens (including phenoxy) is 1. The monoisotopic (exact) mass is 369 g/mol. The van der Waals surface area contributed by atoms with Crippen molar-refractivity contribution in [2.75, 3.05) is 0 Å². The highest BCUT2D eigenvalue weighted by Gasteiger charge is 2.59. The van der Waals surface area contributed by atoms with Crippen LogP contribution in [0.5, 0.6) is 0 Å². The third-order valence-corrected chi connectivity index (χ3v) is 3.87. The highest BCUT2D eigenvalue weighted by Crippen LogP contribution is 2.55. The first-order valence-electron chi connectivity index (χ1n) is 6.98. The zero-order valence-electron chi connectivity index (χ0n) is 13.4. The van der Waals surface area contributed by atoms with Gasteiger partial charge in [-0.1, -0.05) is 0 Å². The van der Waals surface area contributed by atoms with Crippen molar-refractivity contribution in [3.63, 3.8) is 0 Å². The normalized spacial score (nSPS) is 27.7. The molecule has 0 atom stereocenters. The highest BCUT2D eigenvalue weighted by atomic mass is 79.9. The van der Waals surface area contributed by atoms with Gasteiger partial charge >= 0.3 is 6.09 Å². The van der Waals surface area contributed by atoms with E-state index in [9.17, 15) is 10.1 Å². The Labute approximate surface area is 138 Å². The standard InChI is InChI=1S/C14H20BrN5O2/c1-12(2,3)18-11(21)22-14(6-13(4,7-14)8-16)9-17-10(15)19-20(9)5/h6-7H2,1-5H3,(H,18,21). The summed E-state index contributed by atoms with van der Waals surface area (Å²) in [7, 11) is 1.74. The van der Waals surface area contributed by atoms with Crippen LogP contribution in [0.25, 0.3) is 0 Å². The topological polar surface area (TPSA) is 92.8 Å². The van der Waals surface area contributed by atoms with Crippen LogP contribution in [0.3, 0.4) is 0 Å². The summed E-state index contributed by atoms with van der Waals surface area (Å²) < 4.78 is 7.68. The summed E-state index contributed by atoms with van der Waals surface area (Å²) >= 11 is 3.23. The Morgan fingerprint density at radius 3 is 2.50 bits per heavy atom. The molecule has 1 heterocycles. The molecule has 0 bridgehead atoms.